The minimum atomic E-state index is -0.277. The maximum Gasteiger partial charge on any atom is 0.257 e. The maximum absolute atomic E-state index is 12.3. The van der Waals surface area contributed by atoms with Crippen molar-refractivity contribution in [3.05, 3.63) is 76.5 Å². The fourth-order valence-corrected chi connectivity index (χ4v) is 3.05. The van der Waals surface area contributed by atoms with Crippen molar-refractivity contribution in [1.82, 2.24) is 5.32 Å². The van der Waals surface area contributed by atoms with Crippen LogP contribution < -0.4 is 10.6 Å². The summed E-state index contributed by atoms with van der Waals surface area (Å²) < 4.78 is 5.50. The Morgan fingerprint density at radius 1 is 1.19 bits per heavy atom. The minimum absolute atomic E-state index is 0.174. The predicted molar refractivity (Wildman–Crippen MR) is 110 cm³/mol. The zero-order valence-corrected chi connectivity index (χ0v) is 16.0. The highest BCUT2D eigenvalue weighted by Crippen LogP contribution is 2.31. The average Bonchev–Trinajstić information content (AvgIpc) is 3.11. The standard InChI is InChI=1S/C20H17ClN2O3S/c1-12-4-2-3-5-15(12)19(25)23-20(27)22-13-6-8-16(17(21)10-13)18-9-7-14(11-24)26-18/h2-10,24H,11H2,1H3,(H2,22,23,25,27). The van der Waals surface area contributed by atoms with E-state index >= 15 is 0 Å². The molecule has 0 aliphatic carbocycles. The molecule has 0 saturated carbocycles. The number of benzene rings is 2. The number of aliphatic hydroxyl groups excluding tert-OH is 1. The van der Waals surface area contributed by atoms with Gasteiger partial charge in [0.15, 0.2) is 5.11 Å². The number of aliphatic hydroxyl groups is 1. The van der Waals surface area contributed by atoms with Gasteiger partial charge in [0.1, 0.15) is 18.1 Å². The molecule has 0 spiro atoms. The van der Waals surface area contributed by atoms with Crippen LogP contribution in [0.15, 0.2) is 59.0 Å². The molecule has 1 amide bonds. The van der Waals surface area contributed by atoms with Gasteiger partial charge in [-0.1, -0.05) is 29.8 Å². The summed E-state index contributed by atoms with van der Waals surface area (Å²) in [6, 6.07) is 15.9. The number of thiocarbonyl (C=S) groups is 1. The topological polar surface area (TPSA) is 74.5 Å². The first-order valence-corrected chi connectivity index (χ1v) is 8.94. The molecule has 0 fully saturated rings. The maximum atomic E-state index is 12.3. The van der Waals surface area contributed by atoms with Gasteiger partial charge < -0.3 is 14.8 Å². The molecule has 7 heteroatoms. The molecule has 0 aliphatic rings. The summed E-state index contributed by atoms with van der Waals surface area (Å²) in [5.41, 5.74) is 2.75. The van der Waals surface area contributed by atoms with Gasteiger partial charge in [0.2, 0.25) is 0 Å². The summed E-state index contributed by atoms with van der Waals surface area (Å²) in [7, 11) is 0. The van der Waals surface area contributed by atoms with Gasteiger partial charge in [0.05, 0.1) is 5.02 Å². The van der Waals surface area contributed by atoms with Crippen LogP contribution in [0.4, 0.5) is 5.69 Å². The van der Waals surface area contributed by atoms with Crippen molar-refractivity contribution < 1.29 is 14.3 Å². The fraction of sp³-hybridized carbons (Fsp3) is 0.100. The molecular weight excluding hydrogens is 384 g/mol. The Labute approximate surface area is 167 Å². The number of rotatable bonds is 4. The lowest BCUT2D eigenvalue weighted by Crippen LogP contribution is -2.34. The van der Waals surface area contributed by atoms with E-state index in [1.165, 1.54) is 0 Å². The van der Waals surface area contributed by atoms with E-state index in [1.807, 2.05) is 19.1 Å². The minimum Gasteiger partial charge on any atom is -0.459 e. The molecule has 2 aromatic carbocycles. The largest absolute Gasteiger partial charge is 0.459 e. The van der Waals surface area contributed by atoms with Crippen LogP contribution >= 0.6 is 23.8 Å². The molecule has 0 radical (unpaired) electrons. The van der Waals surface area contributed by atoms with E-state index in [0.717, 1.165) is 5.56 Å². The van der Waals surface area contributed by atoms with E-state index in [0.29, 0.717) is 33.4 Å². The molecule has 0 aliphatic heterocycles. The first-order valence-electron chi connectivity index (χ1n) is 8.15. The van der Waals surface area contributed by atoms with Crippen molar-refractivity contribution in [2.45, 2.75) is 13.5 Å². The third-order valence-corrected chi connectivity index (χ3v) is 4.44. The summed E-state index contributed by atoms with van der Waals surface area (Å²) >= 11 is 11.5. The number of carbonyl (C=O) groups is 1. The monoisotopic (exact) mass is 400 g/mol. The van der Waals surface area contributed by atoms with Crippen LogP contribution in [0.1, 0.15) is 21.7 Å². The molecule has 0 unspecified atom stereocenters. The Morgan fingerprint density at radius 3 is 2.63 bits per heavy atom. The van der Waals surface area contributed by atoms with Gasteiger partial charge in [0, 0.05) is 16.8 Å². The number of aryl methyl sites for hydroxylation is 1. The van der Waals surface area contributed by atoms with Gasteiger partial charge in [-0.15, -0.1) is 0 Å². The quantitative estimate of drug-likeness (QED) is 0.561. The van der Waals surface area contributed by atoms with Gasteiger partial charge in [0.25, 0.3) is 5.91 Å². The van der Waals surface area contributed by atoms with Gasteiger partial charge >= 0.3 is 0 Å². The number of amides is 1. The smallest absolute Gasteiger partial charge is 0.257 e. The lowest BCUT2D eigenvalue weighted by Gasteiger charge is -2.12. The van der Waals surface area contributed by atoms with Crippen LogP contribution in [0.3, 0.4) is 0 Å². The first-order chi connectivity index (χ1) is 13.0. The molecule has 1 aromatic heterocycles. The van der Waals surface area contributed by atoms with Crippen LogP contribution in [-0.4, -0.2) is 16.1 Å². The lowest BCUT2D eigenvalue weighted by molar-refractivity contribution is 0.0977. The Bertz CT molecular complexity index is 1000. The van der Waals surface area contributed by atoms with Crippen LogP contribution in [-0.2, 0) is 6.61 Å². The summed E-state index contributed by atoms with van der Waals surface area (Å²) in [6.45, 7) is 1.69. The second kappa shape index (κ2) is 8.35. The third-order valence-electron chi connectivity index (χ3n) is 3.93. The number of hydrogen-bond donors (Lipinski definition) is 3. The highest BCUT2D eigenvalue weighted by molar-refractivity contribution is 7.80. The van der Waals surface area contributed by atoms with Crippen molar-refractivity contribution in [2.24, 2.45) is 0 Å². The molecule has 3 aromatic rings. The first kappa shape index (κ1) is 19.1. The average molecular weight is 401 g/mol. The van der Waals surface area contributed by atoms with Crippen molar-refractivity contribution >= 4 is 40.5 Å². The zero-order chi connectivity index (χ0) is 19.4. The summed E-state index contributed by atoms with van der Waals surface area (Å²) in [4.78, 5) is 12.3. The Kier molecular flexibility index (Phi) is 5.91. The number of nitrogens with one attached hydrogen (secondary N) is 2. The van der Waals surface area contributed by atoms with Crippen LogP contribution in [0, 0.1) is 6.92 Å². The molecule has 3 N–H and O–H groups in total. The molecule has 0 bridgehead atoms. The molecule has 3 rings (SSSR count). The van der Waals surface area contributed by atoms with E-state index in [-0.39, 0.29) is 17.6 Å². The van der Waals surface area contributed by atoms with Crippen molar-refractivity contribution in [2.75, 3.05) is 5.32 Å². The molecule has 0 saturated heterocycles. The zero-order valence-electron chi connectivity index (χ0n) is 14.5. The van der Waals surface area contributed by atoms with Gasteiger partial charge in [-0.2, -0.15) is 0 Å². The highest BCUT2D eigenvalue weighted by atomic mass is 35.5. The number of carbonyl (C=O) groups excluding carboxylic acids is 1. The Hall–Kier alpha value is -2.67. The van der Waals surface area contributed by atoms with Crippen molar-refractivity contribution in [3.8, 4) is 11.3 Å². The van der Waals surface area contributed by atoms with Crippen molar-refractivity contribution in [1.29, 1.82) is 0 Å². The summed E-state index contributed by atoms with van der Waals surface area (Å²) in [5.74, 6) is 0.745. The van der Waals surface area contributed by atoms with Crippen LogP contribution in [0.25, 0.3) is 11.3 Å². The Morgan fingerprint density at radius 2 is 1.96 bits per heavy atom. The van der Waals surface area contributed by atoms with E-state index < -0.39 is 0 Å². The molecule has 0 atom stereocenters. The molecule has 27 heavy (non-hydrogen) atoms. The molecule has 138 valence electrons. The van der Waals surface area contributed by atoms with Crippen LogP contribution in [0.2, 0.25) is 5.02 Å². The Balaban J connectivity index is 1.68. The van der Waals surface area contributed by atoms with Gasteiger partial charge in [-0.3, -0.25) is 10.1 Å². The SMILES string of the molecule is Cc1ccccc1C(=O)NC(=S)Nc1ccc(-c2ccc(CO)o2)c(Cl)c1. The lowest BCUT2D eigenvalue weighted by atomic mass is 10.1. The van der Waals surface area contributed by atoms with Gasteiger partial charge in [-0.05, 0) is 61.1 Å². The van der Waals surface area contributed by atoms with Gasteiger partial charge in [-0.25, -0.2) is 0 Å². The van der Waals surface area contributed by atoms with E-state index in [4.69, 9.17) is 33.3 Å². The number of hydrogen-bond acceptors (Lipinski definition) is 4. The van der Waals surface area contributed by atoms with Crippen LogP contribution in [0.5, 0.6) is 0 Å². The number of furan rings is 1. The molecular formula is C20H17ClN2O3S. The highest BCUT2D eigenvalue weighted by Gasteiger charge is 2.12. The summed E-state index contributed by atoms with van der Waals surface area (Å²) in [5, 5.41) is 15.3. The number of halogens is 1. The van der Waals surface area contributed by atoms with Crippen molar-refractivity contribution in [3.63, 3.8) is 0 Å². The van der Waals surface area contributed by atoms with E-state index in [9.17, 15) is 4.79 Å². The van der Waals surface area contributed by atoms with E-state index in [2.05, 4.69) is 10.6 Å². The van der Waals surface area contributed by atoms with E-state index in [1.54, 1.807) is 42.5 Å². The predicted octanol–water partition coefficient (Wildman–Crippen LogP) is 4.53. The number of anilines is 1. The third kappa shape index (κ3) is 4.54. The molecule has 5 nitrogen and oxygen atoms in total. The molecule has 1 heterocycles. The summed E-state index contributed by atoms with van der Waals surface area (Å²) in [6.07, 6.45) is 0. The normalized spacial score (nSPS) is 10.5. The fourth-order valence-electron chi connectivity index (χ4n) is 2.56. The second-order valence-corrected chi connectivity index (χ2v) is 6.66. The second-order valence-electron chi connectivity index (χ2n) is 5.84.